The summed E-state index contributed by atoms with van der Waals surface area (Å²) in [5, 5.41) is 3.75. The average molecular weight is 782 g/mol. The van der Waals surface area contributed by atoms with Crippen LogP contribution in [-0.2, 0) is 39.3 Å². The maximum Gasteiger partial charge on any atom is 0.282 e. The molecule has 4 aliphatic heterocycles. The standard InChI is InChI=1S/C48H57N6S2/c1-50(24-7-12-36-32-38-13-8-25-52-26-9-14-39(33-36)47(38)52)43-18-4-3-17-42(43)49-23-30-55-56-31-29-54-45-20-6-5-19-44(45)51(2)46(54)22-21-37-34-40-15-10-27-53-28-11-16-41(35-37)48(40)53/h3-7,12,17-22,32-35,49H,8-11,13-16,23-31H2,1-2H3/q+1/b12-7+. The van der Waals surface area contributed by atoms with E-state index in [1.165, 1.54) is 117 Å². The smallest absolute Gasteiger partial charge is 0.282 e. The van der Waals surface area contributed by atoms with E-state index >= 15 is 0 Å². The zero-order valence-corrected chi connectivity index (χ0v) is 34.9. The molecule has 8 heteroatoms. The number of fused-ring (bicyclic) bond motifs is 1. The number of aryl methyl sites for hydroxylation is 6. The van der Waals surface area contributed by atoms with Gasteiger partial charge in [0, 0.05) is 75.3 Å². The topological polar surface area (TPSA) is 30.6 Å². The number of para-hydroxylation sites is 4. The second kappa shape index (κ2) is 17.1. The van der Waals surface area contributed by atoms with Gasteiger partial charge in [-0.05, 0) is 139 Å². The molecule has 0 spiro atoms. The second-order valence-corrected chi connectivity index (χ2v) is 18.7. The van der Waals surface area contributed by atoms with Gasteiger partial charge in [-0.3, -0.25) is 0 Å². The lowest BCUT2D eigenvalue weighted by Crippen LogP contribution is -2.34. The van der Waals surface area contributed by atoms with Crippen LogP contribution in [0, 0.1) is 0 Å². The van der Waals surface area contributed by atoms with Gasteiger partial charge in [-0.25, -0.2) is 9.13 Å². The molecule has 0 saturated carbocycles. The zero-order valence-electron chi connectivity index (χ0n) is 33.3. The summed E-state index contributed by atoms with van der Waals surface area (Å²) in [6.07, 6.45) is 19.3. The number of aromatic nitrogens is 2. The van der Waals surface area contributed by atoms with Crippen molar-refractivity contribution in [2.45, 2.75) is 57.9 Å². The summed E-state index contributed by atoms with van der Waals surface area (Å²) in [7, 11) is 8.37. The van der Waals surface area contributed by atoms with Crippen LogP contribution < -0.4 is 24.6 Å². The van der Waals surface area contributed by atoms with E-state index < -0.39 is 0 Å². The number of rotatable bonds is 14. The molecule has 4 aromatic carbocycles. The molecule has 0 unspecified atom stereocenters. The van der Waals surface area contributed by atoms with Crippen molar-refractivity contribution < 1.29 is 4.57 Å². The third-order valence-electron chi connectivity index (χ3n) is 12.3. The number of nitrogens with zero attached hydrogens (tertiary/aromatic N) is 5. The predicted molar refractivity (Wildman–Crippen MR) is 245 cm³/mol. The van der Waals surface area contributed by atoms with Crippen molar-refractivity contribution in [3.8, 4) is 0 Å². The molecule has 0 radical (unpaired) electrons. The molecule has 5 heterocycles. The Bertz CT molecular complexity index is 2190. The average Bonchev–Trinajstić information content (AvgIpc) is 3.49. The number of likely N-dealkylation sites (N-methyl/N-ethyl adjacent to an activating group) is 1. The lowest BCUT2D eigenvalue weighted by Gasteiger charge is -2.37. The van der Waals surface area contributed by atoms with Gasteiger partial charge in [-0.15, -0.1) is 0 Å². The summed E-state index contributed by atoms with van der Waals surface area (Å²) in [4.78, 5) is 7.61. The predicted octanol–water partition coefficient (Wildman–Crippen LogP) is 9.68. The second-order valence-electron chi connectivity index (χ2n) is 16.0. The van der Waals surface area contributed by atoms with E-state index in [1.54, 1.807) is 33.6 Å². The number of anilines is 4. The van der Waals surface area contributed by atoms with Gasteiger partial charge in [0.05, 0.1) is 18.4 Å². The van der Waals surface area contributed by atoms with Crippen LogP contribution >= 0.6 is 21.6 Å². The molecule has 0 atom stereocenters. The van der Waals surface area contributed by atoms with E-state index in [2.05, 4.69) is 140 Å². The largest absolute Gasteiger partial charge is 0.383 e. The van der Waals surface area contributed by atoms with Gasteiger partial charge in [0.25, 0.3) is 5.82 Å². The SMILES string of the molecule is CN(C/C=C/c1cc2c3c(c1)CCCN3CCC2)c1ccccc1NCCSSCCn1c(/C=C/c2cc3c4c(c2)CCCN4CCC3)[n+](C)c2ccccc21. The van der Waals surface area contributed by atoms with Crippen LogP contribution in [0.5, 0.6) is 0 Å². The van der Waals surface area contributed by atoms with Crippen LogP contribution in [-0.4, -0.2) is 62.4 Å². The highest BCUT2D eigenvalue weighted by atomic mass is 33.1. The Kier molecular flexibility index (Phi) is 11.4. The molecule has 0 saturated heterocycles. The van der Waals surface area contributed by atoms with Gasteiger partial charge in [-0.1, -0.05) is 58.0 Å². The van der Waals surface area contributed by atoms with Crippen LogP contribution in [0.4, 0.5) is 22.7 Å². The molecule has 1 aromatic heterocycles. The monoisotopic (exact) mass is 781 g/mol. The summed E-state index contributed by atoms with van der Waals surface area (Å²) in [5.41, 5.74) is 17.0. The fourth-order valence-electron chi connectivity index (χ4n) is 9.74. The van der Waals surface area contributed by atoms with Crippen LogP contribution in [0.25, 0.3) is 29.3 Å². The molecule has 1 N–H and O–H groups in total. The Hall–Kier alpha value is -4.27. The summed E-state index contributed by atoms with van der Waals surface area (Å²) in [6.45, 7) is 7.68. The lowest BCUT2D eigenvalue weighted by atomic mass is 9.90. The van der Waals surface area contributed by atoms with Crippen molar-refractivity contribution in [1.29, 1.82) is 0 Å². The molecule has 5 aromatic rings. The van der Waals surface area contributed by atoms with Crippen molar-refractivity contribution in [2.24, 2.45) is 7.05 Å². The summed E-state index contributed by atoms with van der Waals surface area (Å²) in [6, 6.07) is 27.4. The molecule has 56 heavy (non-hydrogen) atoms. The summed E-state index contributed by atoms with van der Waals surface area (Å²) >= 11 is 0. The molecule has 9 rings (SSSR count). The fraction of sp³-hybridized carbons (Fsp3) is 0.396. The van der Waals surface area contributed by atoms with Crippen molar-refractivity contribution in [3.63, 3.8) is 0 Å². The van der Waals surface area contributed by atoms with Crippen LogP contribution in [0.1, 0.15) is 64.9 Å². The Morgan fingerprint density at radius 1 is 0.696 bits per heavy atom. The van der Waals surface area contributed by atoms with Crippen molar-refractivity contribution >= 4 is 73.6 Å². The van der Waals surface area contributed by atoms with Crippen molar-refractivity contribution in [1.82, 2.24) is 4.57 Å². The molecular formula is C48H57N6S2+. The zero-order chi connectivity index (χ0) is 37.8. The Balaban J connectivity index is 0.784. The number of hydrogen-bond acceptors (Lipinski definition) is 6. The first kappa shape index (κ1) is 37.3. The van der Waals surface area contributed by atoms with Crippen molar-refractivity contribution in [3.05, 3.63) is 118 Å². The van der Waals surface area contributed by atoms with Gasteiger partial charge < -0.3 is 20.0 Å². The lowest BCUT2D eigenvalue weighted by molar-refractivity contribution is -0.647. The summed E-state index contributed by atoms with van der Waals surface area (Å²) < 4.78 is 4.87. The number of benzene rings is 4. The third-order valence-corrected chi connectivity index (χ3v) is 14.7. The first-order chi connectivity index (χ1) is 27.6. The van der Waals surface area contributed by atoms with E-state index in [1.807, 2.05) is 21.6 Å². The van der Waals surface area contributed by atoms with E-state index in [-0.39, 0.29) is 0 Å². The van der Waals surface area contributed by atoms with E-state index in [9.17, 15) is 0 Å². The van der Waals surface area contributed by atoms with Gasteiger partial charge >= 0.3 is 0 Å². The minimum atomic E-state index is 0.873. The van der Waals surface area contributed by atoms with Crippen LogP contribution in [0.3, 0.4) is 0 Å². The molecule has 0 aliphatic carbocycles. The highest BCUT2D eigenvalue weighted by Crippen LogP contribution is 2.38. The highest BCUT2D eigenvalue weighted by Gasteiger charge is 2.26. The highest BCUT2D eigenvalue weighted by molar-refractivity contribution is 8.76. The molecular weight excluding hydrogens is 725 g/mol. The van der Waals surface area contributed by atoms with Gasteiger partial charge in [0.15, 0.2) is 11.0 Å². The summed E-state index contributed by atoms with van der Waals surface area (Å²) in [5.74, 6) is 3.36. The molecule has 0 fully saturated rings. The van der Waals surface area contributed by atoms with Crippen LogP contribution in [0.15, 0.2) is 78.9 Å². The minimum Gasteiger partial charge on any atom is -0.383 e. The van der Waals surface area contributed by atoms with Crippen molar-refractivity contribution in [2.75, 3.05) is 77.8 Å². The minimum absolute atomic E-state index is 0.873. The first-order valence-corrected chi connectivity index (χ1v) is 23.5. The Labute approximate surface area is 342 Å². The van der Waals surface area contributed by atoms with Gasteiger partial charge in [0.1, 0.15) is 6.54 Å². The fourth-order valence-corrected chi connectivity index (χ4v) is 11.6. The number of hydrogen-bond donors (Lipinski definition) is 1. The van der Waals surface area contributed by atoms with E-state index in [0.29, 0.717) is 0 Å². The number of imidazole rings is 1. The Morgan fingerprint density at radius 2 is 1.27 bits per heavy atom. The molecule has 0 amide bonds. The first-order valence-electron chi connectivity index (χ1n) is 21.0. The van der Waals surface area contributed by atoms with Gasteiger partial charge in [0.2, 0.25) is 0 Å². The van der Waals surface area contributed by atoms with Gasteiger partial charge in [-0.2, -0.15) is 0 Å². The molecule has 4 aliphatic rings. The van der Waals surface area contributed by atoms with E-state index in [4.69, 9.17) is 0 Å². The molecule has 0 bridgehead atoms. The maximum absolute atomic E-state index is 3.75. The molecule has 290 valence electrons. The number of nitrogens with one attached hydrogen (secondary N) is 1. The molecule has 6 nitrogen and oxygen atoms in total. The van der Waals surface area contributed by atoms with E-state index in [0.717, 1.165) is 31.1 Å². The Morgan fingerprint density at radius 3 is 1.93 bits per heavy atom. The third kappa shape index (κ3) is 7.84. The maximum atomic E-state index is 3.75. The normalized spacial score (nSPS) is 16.2. The van der Waals surface area contributed by atoms with Crippen LogP contribution in [0.2, 0.25) is 0 Å². The quantitative estimate of drug-likeness (QED) is 0.0687.